The van der Waals surface area contributed by atoms with Crippen molar-refractivity contribution < 1.29 is 4.74 Å². The van der Waals surface area contributed by atoms with Crippen LogP contribution in [0.1, 0.15) is 45.4 Å². The molecule has 3 nitrogen and oxygen atoms in total. The first kappa shape index (κ1) is 15.8. The normalized spacial score (nSPS) is 26.2. The van der Waals surface area contributed by atoms with Crippen LogP contribution >= 0.6 is 0 Å². The Morgan fingerprint density at radius 2 is 2.00 bits per heavy atom. The molecule has 1 rings (SSSR count). The SMILES string of the molecule is C=C/C=C(/N)C1CCCCCC/C1=C(/N)C(C)OC. The predicted octanol–water partition coefficient (Wildman–Crippen LogP) is 3.23. The van der Waals surface area contributed by atoms with E-state index in [1.54, 1.807) is 13.2 Å². The molecule has 0 aliphatic heterocycles. The van der Waals surface area contributed by atoms with Gasteiger partial charge in [-0.05, 0) is 37.8 Å². The zero-order chi connectivity index (χ0) is 14.3. The summed E-state index contributed by atoms with van der Waals surface area (Å²) in [6, 6.07) is 0. The van der Waals surface area contributed by atoms with E-state index in [-0.39, 0.29) is 12.0 Å². The molecule has 0 aromatic heterocycles. The average Bonchev–Trinajstić information content (AvgIpc) is 2.37. The Balaban J connectivity index is 3.09. The molecule has 0 saturated heterocycles. The first-order valence-corrected chi connectivity index (χ1v) is 7.21. The fourth-order valence-electron chi connectivity index (χ4n) is 2.72. The zero-order valence-corrected chi connectivity index (χ0v) is 12.3. The summed E-state index contributed by atoms with van der Waals surface area (Å²) >= 11 is 0. The fraction of sp³-hybridized carbons (Fsp3) is 0.625. The van der Waals surface area contributed by atoms with Crippen LogP contribution < -0.4 is 11.5 Å². The van der Waals surface area contributed by atoms with Crippen molar-refractivity contribution >= 4 is 0 Å². The molecule has 19 heavy (non-hydrogen) atoms. The van der Waals surface area contributed by atoms with Crippen LogP contribution in [0.25, 0.3) is 0 Å². The summed E-state index contributed by atoms with van der Waals surface area (Å²) in [4.78, 5) is 0. The van der Waals surface area contributed by atoms with Crippen LogP contribution in [-0.4, -0.2) is 13.2 Å². The van der Waals surface area contributed by atoms with E-state index in [4.69, 9.17) is 16.2 Å². The van der Waals surface area contributed by atoms with E-state index >= 15 is 0 Å². The van der Waals surface area contributed by atoms with Crippen molar-refractivity contribution in [3.8, 4) is 0 Å². The van der Waals surface area contributed by atoms with Crippen LogP contribution in [0.4, 0.5) is 0 Å². The number of hydrogen-bond acceptors (Lipinski definition) is 3. The zero-order valence-electron chi connectivity index (χ0n) is 12.3. The lowest BCUT2D eigenvalue weighted by Crippen LogP contribution is -2.25. The second-order valence-electron chi connectivity index (χ2n) is 5.27. The highest BCUT2D eigenvalue weighted by Gasteiger charge is 2.23. The van der Waals surface area contributed by atoms with E-state index in [0.29, 0.717) is 0 Å². The molecule has 0 bridgehead atoms. The van der Waals surface area contributed by atoms with E-state index in [0.717, 1.165) is 24.2 Å². The molecule has 2 atom stereocenters. The van der Waals surface area contributed by atoms with Crippen LogP contribution in [0.5, 0.6) is 0 Å². The standard InChI is InChI=1S/C16H28N2O/c1-4-9-15(17)13-10-7-5-6-8-11-14(13)16(18)12(2)19-3/h4,9,12-13H,1,5-8,10-11,17-18H2,2-3H3/b15-9+,16-14-. The van der Waals surface area contributed by atoms with Crippen molar-refractivity contribution in [2.45, 2.75) is 51.6 Å². The smallest absolute Gasteiger partial charge is 0.0935 e. The van der Waals surface area contributed by atoms with Gasteiger partial charge in [0, 0.05) is 24.4 Å². The Kier molecular flexibility index (Phi) is 6.71. The number of hydrogen-bond donors (Lipinski definition) is 2. The lowest BCUT2D eigenvalue weighted by molar-refractivity contribution is 0.143. The molecule has 3 heteroatoms. The van der Waals surface area contributed by atoms with Gasteiger partial charge in [-0.2, -0.15) is 0 Å². The molecule has 0 spiro atoms. The summed E-state index contributed by atoms with van der Waals surface area (Å²) in [6.45, 7) is 5.72. The van der Waals surface area contributed by atoms with Crippen molar-refractivity contribution in [3.63, 3.8) is 0 Å². The number of ether oxygens (including phenoxy) is 1. The Labute approximate surface area is 117 Å². The lowest BCUT2D eigenvalue weighted by atomic mass is 9.82. The molecule has 0 amide bonds. The predicted molar refractivity (Wildman–Crippen MR) is 81.3 cm³/mol. The summed E-state index contributed by atoms with van der Waals surface area (Å²) in [5, 5.41) is 0. The molecule has 0 aromatic carbocycles. The van der Waals surface area contributed by atoms with Gasteiger partial charge in [0.15, 0.2) is 0 Å². The van der Waals surface area contributed by atoms with Gasteiger partial charge in [-0.1, -0.05) is 31.9 Å². The first-order chi connectivity index (χ1) is 9.11. The van der Waals surface area contributed by atoms with Crippen molar-refractivity contribution in [2.24, 2.45) is 17.4 Å². The van der Waals surface area contributed by atoms with Gasteiger partial charge in [0.05, 0.1) is 6.10 Å². The lowest BCUT2D eigenvalue weighted by Gasteiger charge is -2.27. The van der Waals surface area contributed by atoms with Gasteiger partial charge in [0.1, 0.15) is 0 Å². The minimum absolute atomic E-state index is 0.0477. The number of methoxy groups -OCH3 is 1. The minimum atomic E-state index is -0.0477. The van der Waals surface area contributed by atoms with Crippen LogP contribution in [0.3, 0.4) is 0 Å². The molecule has 4 N–H and O–H groups in total. The molecular weight excluding hydrogens is 236 g/mol. The molecule has 1 fully saturated rings. The largest absolute Gasteiger partial charge is 0.402 e. The molecule has 1 aliphatic carbocycles. The van der Waals surface area contributed by atoms with Gasteiger partial charge in [-0.3, -0.25) is 0 Å². The highest BCUT2D eigenvalue weighted by molar-refractivity contribution is 5.27. The summed E-state index contributed by atoms with van der Waals surface area (Å²) < 4.78 is 5.36. The monoisotopic (exact) mass is 264 g/mol. The average molecular weight is 264 g/mol. The second kappa shape index (κ2) is 8.05. The minimum Gasteiger partial charge on any atom is -0.402 e. The van der Waals surface area contributed by atoms with Gasteiger partial charge >= 0.3 is 0 Å². The van der Waals surface area contributed by atoms with E-state index in [1.807, 2.05) is 13.0 Å². The molecule has 0 radical (unpaired) electrons. The summed E-state index contributed by atoms with van der Waals surface area (Å²) in [5.41, 5.74) is 15.5. The van der Waals surface area contributed by atoms with Gasteiger partial charge in [0.25, 0.3) is 0 Å². The molecule has 0 heterocycles. The van der Waals surface area contributed by atoms with Crippen molar-refractivity contribution in [2.75, 3.05) is 7.11 Å². The molecule has 1 saturated carbocycles. The Bertz CT molecular complexity index is 358. The van der Waals surface area contributed by atoms with E-state index in [2.05, 4.69) is 6.58 Å². The van der Waals surface area contributed by atoms with Crippen LogP contribution in [0, 0.1) is 5.92 Å². The van der Waals surface area contributed by atoms with Crippen LogP contribution in [0.2, 0.25) is 0 Å². The topological polar surface area (TPSA) is 61.3 Å². The Morgan fingerprint density at radius 3 is 2.63 bits per heavy atom. The van der Waals surface area contributed by atoms with Gasteiger partial charge in [0.2, 0.25) is 0 Å². The second-order valence-corrected chi connectivity index (χ2v) is 5.27. The maximum absolute atomic E-state index is 6.29. The van der Waals surface area contributed by atoms with Crippen molar-refractivity contribution in [3.05, 3.63) is 35.7 Å². The maximum Gasteiger partial charge on any atom is 0.0935 e. The fourth-order valence-corrected chi connectivity index (χ4v) is 2.72. The highest BCUT2D eigenvalue weighted by Crippen LogP contribution is 2.32. The van der Waals surface area contributed by atoms with Gasteiger partial charge < -0.3 is 16.2 Å². The summed E-state index contributed by atoms with van der Waals surface area (Å²) in [7, 11) is 1.69. The van der Waals surface area contributed by atoms with E-state index in [9.17, 15) is 0 Å². The van der Waals surface area contributed by atoms with E-state index < -0.39 is 0 Å². The quantitative estimate of drug-likeness (QED) is 0.766. The molecule has 108 valence electrons. The van der Waals surface area contributed by atoms with Gasteiger partial charge in [-0.25, -0.2) is 0 Å². The third-order valence-corrected chi connectivity index (χ3v) is 3.98. The Hall–Kier alpha value is -1.22. The third kappa shape index (κ3) is 4.43. The molecular formula is C16H28N2O. The van der Waals surface area contributed by atoms with Gasteiger partial charge in [-0.15, -0.1) is 0 Å². The molecule has 1 aliphatic rings. The van der Waals surface area contributed by atoms with Crippen molar-refractivity contribution in [1.29, 1.82) is 0 Å². The maximum atomic E-state index is 6.29. The van der Waals surface area contributed by atoms with Crippen molar-refractivity contribution in [1.82, 2.24) is 0 Å². The Morgan fingerprint density at radius 1 is 1.32 bits per heavy atom. The molecule has 0 aromatic rings. The molecule has 2 unspecified atom stereocenters. The van der Waals surface area contributed by atoms with E-state index in [1.165, 1.54) is 31.3 Å². The number of nitrogens with two attached hydrogens (primary N) is 2. The number of allylic oxidation sites excluding steroid dienone is 3. The summed E-state index contributed by atoms with van der Waals surface area (Å²) in [6.07, 6.45) is 10.6. The first-order valence-electron chi connectivity index (χ1n) is 7.21. The summed E-state index contributed by atoms with van der Waals surface area (Å²) in [5.74, 6) is 0.246. The number of rotatable bonds is 4. The van der Waals surface area contributed by atoms with Crippen LogP contribution in [0.15, 0.2) is 35.7 Å². The third-order valence-electron chi connectivity index (χ3n) is 3.98. The highest BCUT2D eigenvalue weighted by atomic mass is 16.5. The van der Waals surface area contributed by atoms with Crippen LogP contribution in [-0.2, 0) is 4.74 Å².